The summed E-state index contributed by atoms with van der Waals surface area (Å²) in [5.74, 6) is 1.02. The number of hydrogen-bond acceptors (Lipinski definition) is 3. The standard InChI is InChI=1S/C17H16FN5O/c18-9-1-2-10-11(7-20-13(10)5-9)16-21-15(12-6-17(12)3-4-17)22-23(16)8-14(19)24/h1-2,5,7,12,20H,3-4,6,8H2,(H2,19,24). The van der Waals surface area contributed by atoms with E-state index >= 15 is 0 Å². The summed E-state index contributed by atoms with van der Waals surface area (Å²) in [6.45, 7) is -0.0179. The lowest BCUT2D eigenvalue weighted by Gasteiger charge is -2.02. The summed E-state index contributed by atoms with van der Waals surface area (Å²) in [6, 6.07) is 4.56. The first-order valence-electron chi connectivity index (χ1n) is 8.06. The Bertz CT molecular complexity index is 984. The van der Waals surface area contributed by atoms with Crippen LogP contribution in [0.1, 0.15) is 31.0 Å². The SMILES string of the molecule is NC(=O)Cn1nc(C2CC23CC3)nc1-c1c[nH]c2cc(F)ccc12. The monoisotopic (exact) mass is 325 g/mol. The number of primary amides is 1. The van der Waals surface area contributed by atoms with Crippen molar-refractivity contribution in [1.82, 2.24) is 19.7 Å². The molecule has 7 heteroatoms. The number of hydrogen-bond donors (Lipinski definition) is 2. The van der Waals surface area contributed by atoms with Crippen molar-refractivity contribution in [1.29, 1.82) is 0 Å². The molecule has 5 rings (SSSR count). The second-order valence-corrected chi connectivity index (χ2v) is 6.93. The van der Waals surface area contributed by atoms with Crippen LogP contribution in [0, 0.1) is 11.2 Å². The summed E-state index contributed by atoms with van der Waals surface area (Å²) in [4.78, 5) is 19.2. The molecule has 1 amide bonds. The highest BCUT2D eigenvalue weighted by Gasteiger charge is 2.64. The highest BCUT2D eigenvalue weighted by Crippen LogP contribution is 2.74. The first-order chi connectivity index (χ1) is 11.6. The lowest BCUT2D eigenvalue weighted by Crippen LogP contribution is -2.20. The number of aromatic nitrogens is 4. The Labute approximate surface area is 136 Å². The summed E-state index contributed by atoms with van der Waals surface area (Å²) in [6.07, 6.45) is 5.38. The minimum atomic E-state index is -0.462. The van der Waals surface area contributed by atoms with Gasteiger partial charge in [-0.05, 0) is 42.9 Å². The zero-order chi connectivity index (χ0) is 16.5. The molecule has 1 aromatic carbocycles. The number of carbonyl (C=O) groups excluding carboxylic acids is 1. The largest absolute Gasteiger partial charge is 0.368 e. The molecule has 2 aliphatic rings. The molecule has 2 aromatic heterocycles. The zero-order valence-electron chi connectivity index (χ0n) is 12.9. The number of nitrogens with zero attached hydrogens (tertiary/aromatic N) is 3. The van der Waals surface area contributed by atoms with Gasteiger partial charge in [-0.2, -0.15) is 5.10 Å². The molecule has 0 bridgehead atoms. The minimum Gasteiger partial charge on any atom is -0.368 e. The number of benzene rings is 1. The molecule has 2 fully saturated rings. The molecule has 122 valence electrons. The average Bonchev–Trinajstić information content (AvgIpc) is 3.37. The van der Waals surface area contributed by atoms with Gasteiger partial charge in [0.05, 0.1) is 0 Å². The van der Waals surface area contributed by atoms with Gasteiger partial charge in [-0.3, -0.25) is 4.79 Å². The van der Waals surface area contributed by atoms with Crippen molar-refractivity contribution in [3.05, 3.63) is 36.0 Å². The van der Waals surface area contributed by atoms with E-state index in [0.717, 1.165) is 23.2 Å². The second kappa shape index (κ2) is 4.43. The third-order valence-corrected chi connectivity index (χ3v) is 5.27. The maximum Gasteiger partial charge on any atom is 0.239 e. The lowest BCUT2D eigenvalue weighted by atomic mass is 10.1. The Morgan fingerprint density at radius 2 is 2.29 bits per heavy atom. The van der Waals surface area contributed by atoms with Gasteiger partial charge in [0, 0.05) is 28.6 Å². The highest BCUT2D eigenvalue weighted by molar-refractivity contribution is 5.94. The number of nitrogens with two attached hydrogens (primary N) is 1. The van der Waals surface area contributed by atoms with E-state index in [9.17, 15) is 9.18 Å². The van der Waals surface area contributed by atoms with Crippen LogP contribution >= 0.6 is 0 Å². The fourth-order valence-corrected chi connectivity index (χ4v) is 3.67. The Morgan fingerprint density at radius 3 is 3.00 bits per heavy atom. The van der Waals surface area contributed by atoms with E-state index in [1.807, 2.05) is 0 Å². The number of amides is 1. The van der Waals surface area contributed by atoms with E-state index < -0.39 is 5.91 Å². The Hall–Kier alpha value is -2.70. The normalized spacial score (nSPS) is 20.6. The molecule has 3 aromatic rings. The Balaban J connectivity index is 1.63. The molecular formula is C17H16FN5O. The Morgan fingerprint density at radius 1 is 1.46 bits per heavy atom. The van der Waals surface area contributed by atoms with Gasteiger partial charge in [0.2, 0.25) is 5.91 Å². The minimum absolute atomic E-state index is 0.0179. The van der Waals surface area contributed by atoms with Gasteiger partial charge in [-0.15, -0.1) is 0 Å². The predicted octanol–water partition coefficient (Wildman–Crippen LogP) is 2.32. The predicted molar refractivity (Wildman–Crippen MR) is 85.5 cm³/mol. The number of rotatable bonds is 4. The van der Waals surface area contributed by atoms with Crippen LogP contribution in [0.25, 0.3) is 22.3 Å². The molecule has 0 saturated heterocycles. The van der Waals surface area contributed by atoms with Gasteiger partial charge in [-0.25, -0.2) is 14.1 Å². The molecular weight excluding hydrogens is 309 g/mol. The number of aromatic amines is 1. The van der Waals surface area contributed by atoms with E-state index in [2.05, 4.69) is 10.1 Å². The molecule has 0 radical (unpaired) electrons. The third kappa shape index (κ3) is 1.97. The van der Waals surface area contributed by atoms with Crippen LogP contribution in [0.15, 0.2) is 24.4 Å². The maximum atomic E-state index is 13.4. The fourth-order valence-electron chi connectivity index (χ4n) is 3.67. The molecule has 3 N–H and O–H groups in total. The smallest absolute Gasteiger partial charge is 0.239 e. The maximum absolute atomic E-state index is 13.4. The van der Waals surface area contributed by atoms with Crippen LogP contribution in [0.2, 0.25) is 0 Å². The van der Waals surface area contributed by atoms with Crippen LogP contribution in [0.4, 0.5) is 4.39 Å². The van der Waals surface area contributed by atoms with E-state index in [4.69, 9.17) is 10.7 Å². The van der Waals surface area contributed by atoms with E-state index in [1.54, 1.807) is 16.9 Å². The van der Waals surface area contributed by atoms with Crippen LogP contribution in [-0.2, 0) is 11.3 Å². The fraction of sp³-hybridized carbons (Fsp3) is 0.353. The number of fused-ring (bicyclic) bond motifs is 1. The third-order valence-electron chi connectivity index (χ3n) is 5.27. The summed E-state index contributed by atoms with van der Waals surface area (Å²) in [5.41, 5.74) is 7.28. The molecule has 24 heavy (non-hydrogen) atoms. The number of carbonyl (C=O) groups is 1. The van der Waals surface area contributed by atoms with Crippen molar-refractivity contribution in [2.45, 2.75) is 31.7 Å². The summed E-state index contributed by atoms with van der Waals surface area (Å²) >= 11 is 0. The van der Waals surface area contributed by atoms with Crippen LogP contribution in [0.3, 0.4) is 0 Å². The van der Waals surface area contributed by atoms with Gasteiger partial charge in [-0.1, -0.05) is 0 Å². The average molecular weight is 325 g/mol. The molecule has 2 heterocycles. The van der Waals surface area contributed by atoms with Gasteiger partial charge in [0.25, 0.3) is 0 Å². The van der Waals surface area contributed by atoms with Crippen molar-refractivity contribution in [3.8, 4) is 11.4 Å². The van der Waals surface area contributed by atoms with Crippen molar-refractivity contribution >= 4 is 16.8 Å². The van der Waals surface area contributed by atoms with Gasteiger partial charge in [0.1, 0.15) is 12.4 Å². The number of halogens is 1. The lowest BCUT2D eigenvalue weighted by molar-refractivity contribution is -0.118. The van der Waals surface area contributed by atoms with Crippen LogP contribution < -0.4 is 5.73 Å². The molecule has 0 aliphatic heterocycles. The van der Waals surface area contributed by atoms with Crippen LogP contribution in [-0.4, -0.2) is 25.7 Å². The molecule has 2 aliphatic carbocycles. The molecule has 1 unspecified atom stereocenters. The first kappa shape index (κ1) is 13.7. The topological polar surface area (TPSA) is 89.6 Å². The van der Waals surface area contributed by atoms with Crippen molar-refractivity contribution in [2.24, 2.45) is 11.1 Å². The molecule has 2 saturated carbocycles. The van der Waals surface area contributed by atoms with Gasteiger partial charge < -0.3 is 10.7 Å². The summed E-state index contributed by atoms with van der Waals surface area (Å²) in [5, 5.41) is 5.39. The van der Waals surface area contributed by atoms with E-state index in [-0.39, 0.29) is 12.4 Å². The van der Waals surface area contributed by atoms with Gasteiger partial charge >= 0.3 is 0 Å². The zero-order valence-corrected chi connectivity index (χ0v) is 12.9. The molecule has 1 spiro atoms. The first-order valence-corrected chi connectivity index (χ1v) is 8.06. The van der Waals surface area contributed by atoms with Crippen molar-refractivity contribution in [2.75, 3.05) is 0 Å². The summed E-state index contributed by atoms with van der Waals surface area (Å²) < 4.78 is 15.0. The van der Waals surface area contributed by atoms with Crippen molar-refractivity contribution in [3.63, 3.8) is 0 Å². The van der Waals surface area contributed by atoms with Crippen molar-refractivity contribution < 1.29 is 9.18 Å². The highest BCUT2D eigenvalue weighted by atomic mass is 19.1. The van der Waals surface area contributed by atoms with Gasteiger partial charge in [0.15, 0.2) is 11.6 Å². The van der Waals surface area contributed by atoms with Crippen LogP contribution in [0.5, 0.6) is 0 Å². The summed E-state index contributed by atoms with van der Waals surface area (Å²) in [7, 11) is 0. The quantitative estimate of drug-likeness (QED) is 0.771. The Kier molecular flexibility index (Phi) is 2.53. The number of nitrogens with one attached hydrogen (secondary N) is 1. The second-order valence-electron chi connectivity index (χ2n) is 6.93. The van der Waals surface area contributed by atoms with E-state index in [1.165, 1.54) is 25.0 Å². The molecule has 6 nitrogen and oxygen atoms in total. The number of H-pyrrole nitrogens is 1. The van der Waals surface area contributed by atoms with E-state index in [0.29, 0.717) is 22.7 Å². The molecule has 1 atom stereocenters.